The van der Waals surface area contributed by atoms with Gasteiger partial charge in [-0.05, 0) is 61.6 Å². The predicted molar refractivity (Wildman–Crippen MR) is 115 cm³/mol. The van der Waals surface area contributed by atoms with Gasteiger partial charge in [0.05, 0.1) is 11.4 Å². The lowest BCUT2D eigenvalue weighted by Crippen LogP contribution is -2.26. The van der Waals surface area contributed by atoms with Gasteiger partial charge in [0.15, 0.2) is 5.78 Å². The fourth-order valence-electron chi connectivity index (χ4n) is 4.44. The first-order chi connectivity index (χ1) is 14.1. The minimum Gasteiger partial charge on any atom is -0.464 e. The fraction of sp³-hybridized carbons (Fsp3) is 0.240. The number of Topliss-reactive ketones (excluding diaryl/α,β-unsaturated/α-hetero) is 1. The summed E-state index contributed by atoms with van der Waals surface area (Å²) in [5.74, 6) is 1.97. The van der Waals surface area contributed by atoms with E-state index in [9.17, 15) is 4.79 Å². The zero-order valence-corrected chi connectivity index (χ0v) is 16.7. The molecule has 1 aliphatic carbocycles. The number of carbonyl (C=O) groups is 1. The number of aryl methyl sites for hydroxylation is 2. The fourth-order valence-corrected chi connectivity index (χ4v) is 4.44. The molecule has 0 fully saturated rings. The van der Waals surface area contributed by atoms with E-state index in [1.807, 2.05) is 37.3 Å². The molecule has 2 N–H and O–H groups in total. The molecule has 2 aliphatic rings. The van der Waals surface area contributed by atoms with Crippen molar-refractivity contribution in [3.8, 4) is 0 Å². The molecule has 0 bridgehead atoms. The topological polar surface area (TPSA) is 54.3 Å². The molecule has 2 heterocycles. The van der Waals surface area contributed by atoms with E-state index in [4.69, 9.17) is 4.42 Å². The van der Waals surface area contributed by atoms with E-state index in [-0.39, 0.29) is 17.7 Å². The molecule has 4 heteroatoms. The van der Waals surface area contributed by atoms with Crippen molar-refractivity contribution in [1.82, 2.24) is 0 Å². The van der Waals surface area contributed by atoms with Crippen LogP contribution >= 0.6 is 0 Å². The van der Waals surface area contributed by atoms with Crippen molar-refractivity contribution in [1.29, 1.82) is 0 Å². The van der Waals surface area contributed by atoms with Crippen LogP contribution in [0.5, 0.6) is 0 Å². The smallest absolute Gasteiger partial charge is 0.163 e. The van der Waals surface area contributed by atoms with Crippen molar-refractivity contribution in [3.63, 3.8) is 0 Å². The van der Waals surface area contributed by atoms with Crippen molar-refractivity contribution in [2.75, 3.05) is 10.6 Å². The Morgan fingerprint density at radius 1 is 0.931 bits per heavy atom. The molecule has 1 aromatic heterocycles. The summed E-state index contributed by atoms with van der Waals surface area (Å²) in [4.78, 5) is 13.4. The summed E-state index contributed by atoms with van der Waals surface area (Å²) in [5, 5.41) is 7.16. The van der Waals surface area contributed by atoms with Gasteiger partial charge < -0.3 is 15.1 Å². The van der Waals surface area contributed by atoms with E-state index in [1.54, 1.807) is 0 Å². The third-order valence-electron chi connectivity index (χ3n) is 5.87. The van der Waals surface area contributed by atoms with Crippen LogP contribution < -0.4 is 10.6 Å². The Morgan fingerprint density at radius 2 is 1.76 bits per heavy atom. The second kappa shape index (κ2) is 6.96. The maximum Gasteiger partial charge on any atom is 0.163 e. The van der Waals surface area contributed by atoms with Gasteiger partial charge in [-0.1, -0.05) is 36.4 Å². The van der Waals surface area contributed by atoms with E-state index in [0.717, 1.165) is 40.6 Å². The average molecular weight is 384 g/mol. The van der Waals surface area contributed by atoms with Gasteiger partial charge in [0, 0.05) is 17.7 Å². The van der Waals surface area contributed by atoms with Crippen molar-refractivity contribution in [2.24, 2.45) is 0 Å². The third-order valence-corrected chi connectivity index (χ3v) is 5.87. The zero-order valence-electron chi connectivity index (χ0n) is 16.7. The highest BCUT2D eigenvalue weighted by molar-refractivity contribution is 6.01. The van der Waals surface area contributed by atoms with Crippen LogP contribution in [0.2, 0.25) is 0 Å². The number of nitrogens with one attached hydrogen (secondary N) is 2. The lowest BCUT2D eigenvalue weighted by molar-refractivity contribution is -0.116. The molecule has 146 valence electrons. The molecule has 29 heavy (non-hydrogen) atoms. The summed E-state index contributed by atoms with van der Waals surface area (Å²) in [5.41, 5.74) is 6.14. The van der Waals surface area contributed by atoms with Crippen LogP contribution in [-0.2, 0) is 4.79 Å². The molecule has 0 amide bonds. The molecule has 0 spiro atoms. The molecule has 0 unspecified atom stereocenters. The second-order valence-corrected chi connectivity index (χ2v) is 8.03. The Kier molecular flexibility index (Phi) is 4.27. The quantitative estimate of drug-likeness (QED) is 0.580. The van der Waals surface area contributed by atoms with Crippen LogP contribution in [0, 0.1) is 13.8 Å². The van der Waals surface area contributed by atoms with Crippen molar-refractivity contribution in [3.05, 3.63) is 94.6 Å². The molecule has 0 saturated carbocycles. The van der Waals surface area contributed by atoms with Crippen LogP contribution in [0.4, 0.5) is 11.4 Å². The van der Waals surface area contributed by atoms with Gasteiger partial charge in [-0.25, -0.2) is 0 Å². The summed E-state index contributed by atoms with van der Waals surface area (Å²) in [7, 11) is 0. The third kappa shape index (κ3) is 3.25. The van der Waals surface area contributed by atoms with E-state index in [0.29, 0.717) is 6.42 Å². The van der Waals surface area contributed by atoms with Gasteiger partial charge in [0.1, 0.15) is 17.6 Å². The first kappa shape index (κ1) is 17.8. The molecule has 1 aliphatic heterocycles. The van der Waals surface area contributed by atoms with Crippen molar-refractivity contribution < 1.29 is 9.21 Å². The van der Waals surface area contributed by atoms with Crippen molar-refractivity contribution in [2.45, 2.75) is 38.6 Å². The molecule has 5 rings (SSSR count). The first-order valence-corrected chi connectivity index (χ1v) is 10.1. The molecule has 2 aromatic carbocycles. The van der Waals surface area contributed by atoms with E-state index >= 15 is 0 Å². The molecule has 4 nitrogen and oxygen atoms in total. The second-order valence-electron chi connectivity index (χ2n) is 8.03. The van der Waals surface area contributed by atoms with Crippen LogP contribution in [0.25, 0.3) is 0 Å². The zero-order chi connectivity index (χ0) is 20.0. The molecule has 0 radical (unpaired) electrons. The highest BCUT2D eigenvalue weighted by atomic mass is 16.3. The van der Waals surface area contributed by atoms with E-state index < -0.39 is 0 Å². The number of furan rings is 1. The highest BCUT2D eigenvalue weighted by Gasteiger charge is 2.37. The number of hydrogen-bond acceptors (Lipinski definition) is 4. The molecule has 0 saturated heterocycles. The van der Waals surface area contributed by atoms with Gasteiger partial charge in [0.25, 0.3) is 0 Å². The number of anilines is 2. The van der Waals surface area contributed by atoms with Crippen LogP contribution in [0.15, 0.2) is 76.4 Å². The lowest BCUT2D eigenvalue weighted by Gasteiger charge is -2.29. The summed E-state index contributed by atoms with van der Waals surface area (Å²) >= 11 is 0. The van der Waals surface area contributed by atoms with Crippen LogP contribution in [0.3, 0.4) is 0 Å². The minimum absolute atomic E-state index is 0.170. The average Bonchev–Trinajstić information content (AvgIpc) is 3.07. The van der Waals surface area contributed by atoms with Gasteiger partial charge in [-0.15, -0.1) is 0 Å². The Labute approximate surface area is 170 Å². The Morgan fingerprint density at radius 3 is 2.52 bits per heavy atom. The summed E-state index contributed by atoms with van der Waals surface area (Å²) in [6.07, 6.45) is 1.31. The standard InChI is InChI=1S/C25H24N2O2/c1-15-8-10-19-20(12-15)27-25(23-11-9-16(2)29-23)24-21(26-19)13-18(14-22(24)28)17-6-4-3-5-7-17/h3-12,18,25-27H,13-14H2,1-2H3/t18-,25+/m0/s1. The molecule has 3 aromatic rings. The minimum atomic E-state index is -0.293. The number of rotatable bonds is 2. The van der Waals surface area contributed by atoms with Crippen LogP contribution in [-0.4, -0.2) is 5.78 Å². The number of ketones is 1. The SMILES string of the molecule is Cc1ccc2c(c1)N[C@H](c1ccc(C)o1)C1=C(C[C@H](c3ccccc3)CC1=O)N2. The maximum atomic E-state index is 13.4. The molecular formula is C25H24N2O2. The monoisotopic (exact) mass is 384 g/mol. The molecule has 2 atom stereocenters. The number of hydrogen-bond donors (Lipinski definition) is 2. The largest absolute Gasteiger partial charge is 0.464 e. The van der Waals surface area contributed by atoms with Crippen molar-refractivity contribution >= 4 is 17.2 Å². The first-order valence-electron chi connectivity index (χ1n) is 10.1. The van der Waals surface area contributed by atoms with Gasteiger partial charge >= 0.3 is 0 Å². The normalized spacial score (nSPS) is 21.0. The van der Waals surface area contributed by atoms with E-state index in [1.165, 1.54) is 11.1 Å². The molecular weight excluding hydrogens is 360 g/mol. The number of fused-ring (bicyclic) bond motifs is 1. The van der Waals surface area contributed by atoms with Crippen LogP contribution in [0.1, 0.15) is 47.4 Å². The Balaban J connectivity index is 1.62. The Bertz CT molecular complexity index is 1110. The number of carbonyl (C=O) groups excluding carboxylic acids is 1. The maximum absolute atomic E-state index is 13.4. The van der Waals surface area contributed by atoms with E-state index in [2.05, 4.69) is 47.9 Å². The number of allylic oxidation sites excluding steroid dienone is 1. The Hall–Kier alpha value is -3.27. The summed E-state index contributed by atoms with van der Waals surface area (Å²) in [6.45, 7) is 4.00. The van der Waals surface area contributed by atoms with Gasteiger partial charge in [-0.3, -0.25) is 4.79 Å². The van der Waals surface area contributed by atoms with Gasteiger partial charge in [-0.2, -0.15) is 0 Å². The summed E-state index contributed by atoms with van der Waals surface area (Å²) < 4.78 is 5.96. The number of benzene rings is 2. The van der Waals surface area contributed by atoms with Gasteiger partial charge in [0.2, 0.25) is 0 Å². The summed E-state index contributed by atoms with van der Waals surface area (Å²) in [6, 6.07) is 20.2. The predicted octanol–water partition coefficient (Wildman–Crippen LogP) is 5.88. The lowest BCUT2D eigenvalue weighted by atomic mass is 9.79. The highest BCUT2D eigenvalue weighted by Crippen LogP contribution is 2.44.